The lowest BCUT2D eigenvalue weighted by atomic mass is 10.0. The number of ether oxygens (including phenoxy) is 1. The molecule has 0 aromatic rings. The van der Waals surface area contributed by atoms with E-state index in [4.69, 9.17) is 4.74 Å². The molecule has 1 N–H and O–H groups in total. The topological polar surface area (TPSA) is 55.4 Å². The second-order valence-electron chi connectivity index (χ2n) is 4.80. The van der Waals surface area contributed by atoms with E-state index in [0.29, 0.717) is 32.0 Å². The molecule has 1 saturated heterocycles. The molecule has 17 heavy (non-hydrogen) atoms. The van der Waals surface area contributed by atoms with E-state index in [1.54, 1.807) is 0 Å². The molecule has 0 aromatic heterocycles. The quantitative estimate of drug-likeness (QED) is 0.758. The van der Waals surface area contributed by atoms with Crippen molar-refractivity contribution in [2.24, 2.45) is 5.92 Å². The fraction of sp³-hybridized carbons (Fsp3) is 1.00. The fourth-order valence-corrected chi connectivity index (χ4v) is 4.25. The Morgan fingerprint density at radius 3 is 2.41 bits per heavy atom. The number of hydrogen-bond acceptors (Lipinski definition) is 3. The van der Waals surface area contributed by atoms with Crippen molar-refractivity contribution < 1.29 is 13.2 Å². The van der Waals surface area contributed by atoms with Crippen LogP contribution in [0.4, 0.5) is 0 Å². The molecule has 6 heteroatoms. The summed E-state index contributed by atoms with van der Waals surface area (Å²) in [6, 6.07) is 0.0159. The van der Waals surface area contributed by atoms with Crippen LogP contribution >= 0.6 is 15.9 Å². The highest BCUT2D eigenvalue weighted by Crippen LogP contribution is 2.17. The molecule has 102 valence electrons. The fourth-order valence-electron chi connectivity index (χ4n) is 1.94. The van der Waals surface area contributed by atoms with Gasteiger partial charge >= 0.3 is 0 Å². The average molecular weight is 328 g/mol. The van der Waals surface area contributed by atoms with Gasteiger partial charge in [-0.2, -0.15) is 0 Å². The first kappa shape index (κ1) is 15.4. The SMILES string of the molecule is CC(C)C(CCBr)NS(=O)(=O)C1CCOCC1. The Morgan fingerprint density at radius 1 is 1.35 bits per heavy atom. The molecule has 1 heterocycles. The van der Waals surface area contributed by atoms with Crippen molar-refractivity contribution in [3.05, 3.63) is 0 Å². The summed E-state index contributed by atoms with van der Waals surface area (Å²) >= 11 is 3.37. The number of halogens is 1. The Hall–Kier alpha value is 0.350. The van der Waals surface area contributed by atoms with Crippen LogP contribution in [-0.4, -0.2) is 38.3 Å². The van der Waals surface area contributed by atoms with Crippen LogP contribution in [0.1, 0.15) is 33.1 Å². The highest BCUT2D eigenvalue weighted by Gasteiger charge is 2.30. The van der Waals surface area contributed by atoms with Crippen LogP contribution < -0.4 is 4.72 Å². The number of hydrogen-bond donors (Lipinski definition) is 1. The molecule has 0 bridgehead atoms. The molecule has 4 nitrogen and oxygen atoms in total. The first-order chi connectivity index (χ1) is 7.97. The van der Waals surface area contributed by atoms with Crippen LogP contribution in [-0.2, 0) is 14.8 Å². The van der Waals surface area contributed by atoms with Gasteiger partial charge in [0.2, 0.25) is 10.0 Å². The highest BCUT2D eigenvalue weighted by atomic mass is 79.9. The third-order valence-corrected chi connectivity index (χ3v) is 5.59. The van der Waals surface area contributed by atoms with E-state index < -0.39 is 10.0 Å². The van der Waals surface area contributed by atoms with Gasteiger partial charge in [0, 0.05) is 24.6 Å². The Morgan fingerprint density at radius 2 is 1.94 bits per heavy atom. The Balaban J connectivity index is 2.62. The zero-order valence-electron chi connectivity index (χ0n) is 10.5. The summed E-state index contributed by atoms with van der Waals surface area (Å²) < 4.78 is 32.4. The van der Waals surface area contributed by atoms with Gasteiger partial charge in [-0.05, 0) is 25.2 Å². The van der Waals surface area contributed by atoms with E-state index in [-0.39, 0.29) is 11.3 Å². The normalized spacial score (nSPS) is 20.7. The lowest BCUT2D eigenvalue weighted by Crippen LogP contribution is -2.45. The minimum absolute atomic E-state index is 0.0159. The molecule has 0 aromatic carbocycles. The van der Waals surface area contributed by atoms with E-state index in [9.17, 15) is 8.42 Å². The number of alkyl halides is 1. The summed E-state index contributed by atoms with van der Waals surface area (Å²) in [5, 5.41) is 0.527. The van der Waals surface area contributed by atoms with Crippen molar-refractivity contribution in [3.8, 4) is 0 Å². The van der Waals surface area contributed by atoms with E-state index >= 15 is 0 Å². The maximum absolute atomic E-state index is 12.2. The minimum atomic E-state index is -3.20. The molecule has 1 aliphatic rings. The summed E-state index contributed by atoms with van der Waals surface area (Å²) in [5.74, 6) is 0.308. The molecule has 0 aliphatic carbocycles. The zero-order chi connectivity index (χ0) is 12.9. The summed E-state index contributed by atoms with van der Waals surface area (Å²) in [6.07, 6.45) is 2.03. The summed E-state index contributed by atoms with van der Waals surface area (Å²) in [5.41, 5.74) is 0. The second-order valence-corrected chi connectivity index (χ2v) is 7.59. The molecule has 1 atom stereocenters. The Kier molecular flexibility index (Phi) is 6.40. The third-order valence-electron chi connectivity index (χ3n) is 3.15. The van der Waals surface area contributed by atoms with Gasteiger partial charge in [-0.1, -0.05) is 29.8 Å². The molecule has 0 radical (unpaired) electrons. The van der Waals surface area contributed by atoms with Crippen LogP contribution in [0.25, 0.3) is 0 Å². The second kappa shape index (κ2) is 7.07. The maximum atomic E-state index is 12.2. The van der Waals surface area contributed by atoms with Gasteiger partial charge in [-0.15, -0.1) is 0 Å². The Bertz CT molecular complexity index is 313. The number of sulfonamides is 1. The predicted molar refractivity (Wildman–Crippen MR) is 72.9 cm³/mol. The molecule has 0 amide bonds. The maximum Gasteiger partial charge on any atom is 0.214 e. The van der Waals surface area contributed by atoms with Gasteiger partial charge in [0.25, 0.3) is 0 Å². The van der Waals surface area contributed by atoms with Crippen LogP contribution in [0, 0.1) is 5.92 Å². The number of nitrogens with one attached hydrogen (secondary N) is 1. The van der Waals surface area contributed by atoms with Crippen molar-refractivity contribution in [2.75, 3.05) is 18.5 Å². The van der Waals surface area contributed by atoms with Crippen LogP contribution in [0.15, 0.2) is 0 Å². The van der Waals surface area contributed by atoms with E-state index in [0.717, 1.165) is 11.8 Å². The van der Waals surface area contributed by atoms with Crippen molar-refractivity contribution in [2.45, 2.75) is 44.4 Å². The van der Waals surface area contributed by atoms with Crippen molar-refractivity contribution in [1.82, 2.24) is 4.72 Å². The van der Waals surface area contributed by atoms with Crippen molar-refractivity contribution in [3.63, 3.8) is 0 Å². The molecule has 1 fully saturated rings. The molecule has 0 saturated carbocycles. The summed E-state index contributed by atoms with van der Waals surface area (Å²) in [7, 11) is -3.20. The summed E-state index contributed by atoms with van der Waals surface area (Å²) in [4.78, 5) is 0. The molecular formula is C11H22BrNO3S. The molecule has 1 rings (SSSR count). The lowest BCUT2D eigenvalue weighted by molar-refractivity contribution is 0.0980. The van der Waals surface area contributed by atoms with E-state index in [1.165, 1.54) is 0 Å². The highest BCUT2D eigenvalue weighted by molar-refractivity contribution is 9.09. The zero-order valence-corrected chi connectivity index (χ0v) is 12.9. The van der Waals surface area contributed by atoms with Crippen LogP contribution in [0.5, 0.6) is 0 Å². The molecule has 1 aliphatic heterocycles. The van der Waals surface area contributed by atoms with Gasteiger partial charge in [0.15, 0.2) is 0 Å². The van der Waals surface area contributed by atoms with Crippen LogP contribution in [0.3, 0.4) is 0 Å². The van der Waals surface area contributed by atoms with Crippen LogP contribution in [0.2, 0.25) is 0 Å². The van der Waals surface area contributed by atoms with Gasteiger partial charge in [-0.3, -0.25) is 0 Å². The first-order valence-corrected chi connectivity index (χ1v) is 8.79. The molecule has 0 spiro atoms. The number of rotatable bonds is 6. The third kappa shape index (κ3) is 4.85. The van der Waals surface area contributed by atoms with Crippen molar-refractivity contribution in [1.29, 1.82) is 0 Å². The Labute approximate surface area is 113 Å². The summed E-state index contributed by atoms with van der Waals surface area (Å²) in [6.45, 7) is 5.19. The smallest absolute Gasteiger partial charge is 0.214 e. The average Bonchev–Trinajstić information content (AvgIpc) is 2.29. The predicted octanol–water partition coefficient (Wildman–Crippen LogP) is 1.89. The van der Waals surface area contributed by atoms with Gasteiger partial charge in [0.05, 0.1) is 5.25 Å². The van der Waals surface area contributed by atoms with Gasteiger partial charge < -0.3 is 4.74 Å². The standard InChI is InChI=1S/C11H22BrNO3S/c1-9(2)11(3-6-12)13-17(14,15)10-4-7-16-8-5-10/h9-11,13H,3-8H2,1-2H3. The van der Waals surface area contributed by atoms with Gasteiger partial charge in [-0.25, -0.2) is 13.1 Å². The largest absolute Gasteiger partial charge is 0.381 e. The van der Waals surface area contributed by atoms with E-state index in [1.807, 2.05) is 13.8 Å². The monoisotopic (exact) mass is 327 g/mol. The van der Waals surface area contributed by atoms with Crippen molar-refractivity contribution >= 4 is 26.0 Å². The van der Waals surface area contributed by atoms with E-state index in [2.05, 4.69) is 20.7 Å². The molecular weight excluding hydrogens is 306 g/mol. The first-order valence-electron chi connectivity index (χ1n) is 6.12. The van der Waals surface area contributed by atoms with Gasteiger partial charge in [0.1, 0.15) is 0 Å². The lowest BCUT2D eigenvalue weighted by Gasteiger charge is -2.27. The minimum Gasteiger partial charge on any atom is -0.381 e. The molecule has 1 unspecified atom stereocenters.